The van der Waals surface area contributed by atoms with Gasteiger partial charge in [0.2, 0.25) is 10.0 Å². The van der Waals surface area contributed by atoms with Gasteiger partial charge < -0.3 is 5.32 Å². The van der Waals surface area contributed by atoms with E-state index in [1.807, 2.05) is 6.07 Å². The van der Waals surface area contributed by atoms with Gasteiger partial charge in [0.25, 0.3) is 0 Å². The Balaban J connectivity index is 2.36. The fourth-order valence-electron chi connectivity index (χ4n) is 2.19. The molecule has 0 amide bonds. The Labute approximate surface area is 113 Å². The molecule has 1 N–H and O–H groups in total. The van der Waals surface area contributed by atoms with Gasteiger partial charge in [-0.1, -0.05) is 18.2 Å². The summed E-state index contributed by atoms with van der Waals surface area (Å²) in [5, 5.41) is 12.0. The largest absolute Gasteiger partial charge is 0.315 e. The average Bonchev–Trinajstić information content (AvgIpc) is 2.69. The monoisotopic (exact) mass is 279 g/mol. The van der Waals surface area contributed by atoms with Crippen molar-refractivity contribution in [3.63, 3.8) is 0 Å². The third-order valence-electron chi connectivity index (χ3n) is 3.16. The molecule has 1 aromatic carbocycles. The van der Waals surface area contributed by atoms with Gasteiger partial charge in [0.15, 0.2) is 0 Å². The highest BCUT2D eigenvalue weighted by Crippen LogP contribution is 2.21. The Morgan fingerprint density at radius 1 is 1.26 bits per heavy atom. The van der Waals surface area contributed by atoms with E-state index < -0.39 is 10.0 Å². The summed E-state index contributed by atoms with van der Waals surface area (Å²) in [5.74, 6) is 0. The summed E-state index contributed by atoms with van der Waals surface area (Å²) in [6.45, 7) is 2.50. The van der Waals surface area contributed by atoms with Gasteiger partial charge in [0, 0.05) is 19.6 Å². The van der Waals surface area contributed by atoms with Crippen molar-refractivity contribution in [1.82, 2.24) is 9.62 Å². The predicted octanol–water partition coefficient (Wildman–Crippen LogP) is 0.737. The van der Waals surface area contributed by atoms with Crippen molar-refractivity contribution in [1.29, 1.82) is 5.26 Å². The number of nitrogens with one attached hydrogen (secondary N) is 1. The second-order valence-electron chi connectivity index (χ2n) is 4.45. The Kier molecular flexibility index (Phi) is 4.53. The molecule has 0 radical (unpaired) electrons. The molecule has 1 aliphatic rings. The van der Waals surface area contributed by atoms with Gasteiger partial charge in [-0.3, -0.25) is 0 Å². The molecule has 0 bridgehead atoms. The minimum absolute atomic E-state index is 0.113. The van der Waals surface area contributed by atoms with E-state index in [9.17, 15) is 8.42 Å². The lowest BCUT2D eigenvalue weighted by atomic mass is 10.2. The fourth-order valence-corrected chi connectivity index (χ4v) is 3.89. The van der Waals surface area contributed by atoms with Gasteiger partial charge in [0.05, 0.1) is 17.4 Å². The molecule has 1 saturated heterocycles. The Hall–Kier alpha value is -1.42. The Morgan fingerprint density at radius 2 is 2.05 bits per heavy atom. The van der Waals surface area contributed by atoms with Gasteiger partial charge in [-0.05, 0) is 24.6 Å². The standard InChI is InChI=1S/C13H17N3O2S/c14-7-6-12-4-1-2-5-13(12)19(17,18)16-10-3-8-15-9-11-16/h1-2,4-5,15H,3,6,8-11H2. The van der Waals surface area contributed by atoms with Crippen LogP contribution >= 0.6 is 0 Å². The number of rotatable bonds is 3. The van der Waals surface area contributed by atoms with Crippen LogP contribution in [-0.4, -0.2) is 38.9 Å². The van der Waals surface area contributed by atoms with E-state index in [1.165, 1.54) is 4.31 Å². The fraction of sp³-hybridized carbons (Fsp3) is 0.462. The molecule has 1 heterocycles. The predicted molar refractivity (Wildman–Crippen MR) is 72.0 cm³/mol. The van der Waals surface area contributed by atoms with Crippen LogP contribution in [0.1, 0.15) is 12.0 Å². The molecule has 1 aromatic rings. The number of sulfonamides is 1. The molecule has 0 aliphatic carbocycles. The molecule has 0 unspecified atom stereocenters. The number of nitriles is 1. The molecule has 0 saturated carbocycles. The molecule has 0 aromatic heterocycles. The maximum Gasteiger partial charge on any atom is 0.243 e. The summed E-state index contributed by atoms with van der Waals surface area (Å²) in [6.07, 6.45) is 0.918. The van der Waals surface area contributed by atoms with E-state index in [0.717, 1.165) is 13.0 Å². The van der Waals surface area contributed by atoms with Crippen LogP contribution in [0, 0.1) is 11.3 Å². The maximum atomic E-state index is 12.6. The van der Waals surface area contributed by atoms with Crippen LogP contribution in [-0.2, 0) is 16.4 Å². The molecular weight excluding hydrogens is 262 g/mol. The number of benzene rings is 1. The first-order chi connectivity index (χ1) is 9.16. The summed E-state index contributed by atoms with van der Waals surface area (Å²) in [5.41, 5.74) is 0.571. The molecule has 19 heavy (non-hydrogen) atoms. The smallest absolute Gasteiger partial charge is 0.243 e. The minimum atomic E-state index is -3.50. The van der Waals surface area contributed by atoms with Crippen LogP contribution < -0.4 is 5.32 Å². The first-order valence-electron chi connectivity index (χ1n) is 6.32. The van der Waals surface area contributed by atoms with E-state index in [-0.39, 0.29) is 11.3 Å². The maximum absolute atomic E-state index is 12.6. The Morgan fingerprint density at radius 3 is 2.84 bits per heavy atom. The van der Waals surface area contributed by atoms with Gasteiger partial charge in [-0.2, -0.15) is 9.57 Å². The zero-order valence-corrected chi connectivity index (χ0v) is 11.5. The van der Waals surface area contributed by atoms with Crippen molar-refractivity contribution < 1.29 is 8.42 Å². The molecule has 5 nitrogen and oxygen atoms in total. The number of nitrogens with zero attached hydrogens (tertiary/aromatic N) is 2. The SMILES string of the molecule is N#CCc1ccccc1S(=O)(=O)N1CCCNCC1. The summed E-state index contributed by atoms with van der Waals surface area (Å²) >= 11 is 0. The quantitative estimate of drug-likeness (QED) is 0.885. The van der Waals surface area contributed by atoms with Crippen LogP contribution in [0.15, 0.2) is 29.2 Å². The second-order valence-corrected chi connectivity index (χ2v) is 6.36. The van der Waals surface area contributed by atoms with Crippen molar-refractivity contribution >= 4 is 10.0 Å². The molecule has 2 rings (SSSR count). The minimum Gasteiger partial charge on any atom is -0.315 e. The Bertz CT molecular complexity index is 570. The van der Waals surface area contributed by atoms with Crippen molar-refractivity contribution in [3.8, 4) is 6.07 Å². The summed E-state index contributed by atoms with van der Waals surface area (Å²) in [6, 6.07) is 8.76. The summed E-state index contributed by atoms with van der Waals surface area (Å²) in [4.78, 5) is 0.262. The summed E-state index contributed by atoms with van der Waals surface area (Å²) in [7, 11) is -3.50. The molecule has 6 heteroatoms. The highest BCUT2D eigenvalue weighted by Gasteiger charge is 2.26. The van der Waals surface area contributed by atoms with Crippen molar-refractivity contribution in [3.05, 3.63) is 29.8 Å². The lowest BCUT2D eigenvalue weighted by molar-refractivity contribution is 0.431. The second kappa shape index (κ2) is 6.15. The van der Waals surface area contributed by atoms with Crippen LogP contribution in [0.2, 0.25) is 0 Å². The normalized spacial score (nSPS) is 17.6. The average molecular weight is 279 g/mol. The van der Waals surface area contributed by atoms with Crippen molar-refractivity contribution in [2.45, 2.75) is 17.7 Å². The molecule has 0 spiro atoms. The van der Waals surface area contributed by atoms with E-state index in [4.69, 9.17) is 5.26 Å². The molecular formula is C13H17N3O2S. The van der Waals surface area contributed by atoms with Crippen LogP contribution in [0.4, 0.5) is 0 Å². The first kappa shape index (κ1) is 14.0. The molecule has 1 fully saturated rings. The number of hydrogen-bond donors (Lipinski definition) is 1. The molecule has 102 valence electrons. The third-order valence-corrected chi connectivity index (χ3v) is 5.16. The van der Waals surface area contributed by atoms with Crippen LogP contribution in [0.25, 0.3) is 0 Å². The lowest BCUT2D eigenvalue weighted by Gasteiger charge is -2.20. The van der Waals surface area contributed by atoms with E-state index >= 15 is 0 Å². The van der Waals surface area contributed by atoms with Gasteiger partial charge in [-0.25, -0.2) is 8.42 Å². The molecule has 1 aliphatic heterocycles. The zero-order chi connectivity index (χ0) is 13.7. The summed E-state index contributed by atoms with van der Waals surface area (Å²) < 4.78 is 26.8. The van der Waals surface area contributed by atoms with Gasteiger partial charge in [0.1, 0.15) is 0 Å². The first-order valence-corrected chi connectivity index (χ1v) is 7.76. The van der Waals surface area contributed by atoms with E-state index in [1.54, 1.807) is 24.3 Å². The van der Waals surface area contributed by atoms with Crippen molar-refractivity contribution in [2.75, 3.05) is 26.2 Å². The topological polar surface area (TPSA) is 73.2 Å². The highest BCUT2D eigenvalue weighted by atomic mass is 32.2. The third kappa shape index (κ3) is 3.13. The van der Waals surface area contributed by atoms with Gasteiger partial charge in [-0.15, -0.1) is 0 Å². The lowest BCUT2D eigenvalue weighted by Crippen LogP contribution is -2.34. The molecule has 0 atom stereocenters. The number of hydrogen-bond acceptors (Lipinski definition) is 4. The van der Waals surface area contributed by atoms with Crippen LogP contribution in [0.3, 0.4) is 0 Å². The van der Waals surface area contributed by atoms with E-state index in [2.05, 4.69) is 5.32 Å². The van der Waals surface area contributed by atoms with Gasteiger partial charge >= 0.3 is 0 Å². The zero-order valence-electron chi connectivity index (χ0n) is 10.7. The van der Waals surface area contributed by atoms with Crippen molar-refractivity contribution in [2.24, 2.45) is 0 Å². The van der Waals surface area contributed by atoms with Crippen LogP contribution in [0.5, 0.6) is 0 Å². The highest BCUT2D eigenvalue weighted by molar-refractivity contribution is 7.89. The van der Waals surface area contributed by atoms with E-state index in [0.29, 0.717) is 25.2 Å².